The Hall–Kier alpha value is -3.55. The van der Waals surface area contributed by atoms with Crippen LogP contribution in [-0.4, -0.2) is 23.9 Å². The first kappa shape index (κ1) is 20.8. The molecule has 0 aromatic heterocycles. The van der Waals surface area contributed by atoms with Crippen molar-refractivity contribution in [2.45, 2.75) is 33.4 Å². The van der Waals surface area contributed by atoms with Crippen LogP contribution in [0.3, 0.4) is 0 Å². The zero-order valence-electron chi connectivity index (χ0n) is 16.0. The number of primary amides is 1. The highest BCUT2D eigenvalue weighted by Crippen LogP contribution is 2.21. The van der Waals surface area contributed by atoms with Gasteiger partial charge in [0.1, 0.15) is 5.75 Å². The molecular formula is C20H24N4O4. The van der Waals surface area contributed by atoms with E-state index >= 15 is 0 Å². The van der Waals surface area contributed by atoms with Crippen molar-refractivity contribution in [2.24, 2.45) is 5.73 Å². The minimum atomic E-state index is -0.789. The number of nitrogens with one attached hydrogen (secondary N) is 3. The molecule has 0 saturated carbocycles. The lowest BCUT2D eigenvalue weighted by Crippen LogP contribution is -2.47. The van der Waals surface area contributed by atoms with E-state index in [1.807, 2.05) is 26.0 Å². The van der Waals surface area contributed by atoms with E-state index < -0.39 is 23.9 Å². The third kappa shape index (κ3) is 5.73. The van der Waals surface area contributed by atoms with Gasteiger partial charge in [0.15, 0.2) is 6.10 Å². The average molecular weight is 384 g/mol. The molecule has 2 aromatic rings. The Balaban J connectivity index is 1.86. The number of ether oxygens (including phenoxy) is 1. The Morgan fingerprint density at radius 3 is 2.36 bits per heavy atom. The summed E-state index contributed by atoms with van der Waals surface area (Å²) in [5, 5.41) is 2.46. The van der Waals surface area contributed by atoms with Gasteiger partial charge in [0.05, 0.1) is 0 Å². The lowest BCUT2D eigenvalue weighted by molar-refractivity contribution is -0.128. The molecule has 2 aromatic carbocycles. The quantitative estimate of drug-likeness (QED) is 0.566. The zero-order valence-corrected chi connectivity index (χ0v) is 16.0. The number of hydrazine groups is 1. The van der Waals surface area contributed by atoms with Crippen molar-refractivity contribution in [2.75, 3.05) is 0 Å². The van der Waals surface area contributed by atoms with Crippen LogP contribution in [0.5, 0.6) is 5.75 Å². The van der Waals surface area contributed by atoms with Gasteiger partial charge < -0.3 is 15.8 Å². The van der Waals surface area contributed by atoms with Crippen LogP contribution in [0.25, 0.3) is 0 Å². The van der Waals surface area contributed by atoms with Crippen molar-refractivity contribution in [3.63, 3.8) is 0 Å². The Labute approximate surface area is 163 Å². The number of carbonyl (C=O) groups excluding carboxylic acids is 3. The van der Waals surface area contributed by atoms with Crippen molar-refractivity contribution in [3.05, 3.63) is 64.7 Å². The molecular weight excluding hydrogens is 360 g/mol. The van der Waals surface area contributed by atoms with Gasteiger partial charge in [0, 0.05) is 12.1 Å². The fraction of sp³-hybridized carbons (Fsp3) is 0.250. The summed E-state index contributed by atoms with van der Waals surface area (Å²) in [6.07, 6.45) is -0.789. The molecule has 8 nitrogen and oxygen atoms in total. The second-order valence-electron chi connectivity index (χ2n) is 6.32. The molecule has 0 radical (unpaired) electrons. The Morgan fingerprint density at radius 2 is 1.71 bits per heavy atom. The fourth-order valence-electron chi connectivity index (χ4n) is 2.35. The maximum Gasteiger partial charge on any atom is 0.312 e. The van der Waals surface area contributed by atoms with E-state index in [4.69, 9.17) is 10.5 Å². The van der Waals surface area contributed by atoms with Crippen LogP contribution >= 0.6 is 0 Å². The lowest BCUT2D eigenvalue weighted by Gasteiger charge is -2.17. The molecule has 1 atom stereocenters. The number of amides is 4. The molecule has 28 heavy (non-hydrogen) atoms. The second-order valence-corrected chi connectivity index (χ2v) is 6.32. The van der Waals surface area contributed by atoms with E-state index in [0.717, 1.165) is 16.7 Å². The van der Waals surface area contributed by atoms with Crippen LogP contribution in [0, 0.1) is 13.8 Å². The van der Waals surface area contributed by atoms with Crippen molar-refractivity contribution < 1.29 is 19.1 Å². The molecule has 0 aliphatic rings. The lowest BCUT2D eigenvalue weighted by atomic mass is 10.1. The van der Waals surface area contributed by atoms with Crippen LogP contribution < -0.4 is 26.6 Å². The molecule has 0 heterocycles. The Bertz CT molecular complexity index is 865. The fourth-order valence-corrected chi connectivity index (χ4v) is 2.35. The van der Waals surface area contributed by atoms with Gasteiger partial charge >= 0.3 is 6.03 Å². The molecule has 4 amide bonds. The molecule has 0 aliphatic carbocycles. The van der Waals surface area contributed by atoms with E-state index in [1.165, 1.54) is 0 Å². The number of nitrogens with two attached hydrogens (primary N) is 1. The maximum atomic E-state index is 12.2. The number of urea groups is 1. The summed E-state index contributed by atoms with van der Waals surface area (Å²) in [5.41, 5.74) is 12.9. The molecule has 8 heteroatoms. The van der Waals surface area contributed by atoms with Crippen LogP contribution in [0.1, 0.15) is 34.0 Å². The van der Waals surface area contributed by atoms with Gasteiger partial charge in [0.2, 0.25) is 0 Å². The van der Waals surface area contributed by atoms with Crippen molar-refractivity contribution in [3.8, 4) is 5.75 Å². The first-order chi connectivity index (χ1) is 13.3. The van der Waals surface area contributed by atoms with E-state index in [9.17, 15) is 14.4 Å². The largest absolute Gasteiger partial charge is 0.481 e. The number of hydrogen-bond donors (Lipinski definition) is 4. The summed E-state index contributed by atoms with van der Waals surface area (Å²) in [7, 11) is 0. The number of rotatable bonds is 6. The standard InChI is InChI=1S/C20H24N4O4/c1-12-5-4-6-17(13(12)2)28-14(3)18(25)23-24-19(26)16-9-7-15(8-10-16)11-22-20(21)27/h4-10,14H,11H2,1-3H3,(H,23,25)(H,24,26)(H3,21,22,27). The van der Waals surface area contributed by atoms with Crippen LogP contribution in [-0.2, 0) is 11.3 Å². The third-order valence-electron chi connectivity index (χ3n) is 4.21. The molecule has 2 rings (SSSR count). The highest BCUT2D eigenvalue weighted by molar-refractivity contribution is 5.95. The van der Waals surface area contributed by atoms with Gasteiger partial charge in [-0.2, -0.15) is 0 Å². The second kappa shape index (κ2) is 9.40. The smallest absolute Gasteiger partial charge is 0.312 e. The van der Waals surface area contributed by atoms with Crippen LogP contribution in [0.15, 0.2) is 42.5 Å². The molecule has 0 bridgehead atoms. The summed E-state index contributed by atoms with van der Waals surface area (Å²) >= 11 is 0. The number of aryl methyl sites for hydroxylation is 1. The third-order valence-corrected chi connectivity index (χ3v) is 4.21. The SMILES string of the molecule is Cc1cccc(OC(C)C(=O)NNC(=O)c2ccc(CNC(N)=O)cc2)c1C. The predicted molar refractivity (Wildman–Crippen MR) is 104 cm³/mol. The van der Waals surface area contributed by atoms with Crippen molar-refractivity contribution in [1.29, 1.82) is 0 Å². The van der Waals surface area contributed by atoms with E-state index in [0.29, 0.717) is 11.3 Å². The Morgan fingerprint density at radius 1 is 1.04 bits per heavy atom. The van der Waals surface area contributed by atoms with Gasteiger partial charge in [-0.05, 0) is 55.7 Å². The highest BCUT2D eigenvalue weighted by atomic mass is 16.5. The monoisotopic (exact) mass is 384 g/mol. The van der Waals surface area contributed by atoms with Gasteiger partial charge in [-0.25, -0.2) is 4.79 Å². The first-order valence-electron chi connectivity index (χ1n) is 8.73. The number of hydrogen-bond acceptors (Lipinski definition) is 4. The van der Waals surface area contributed by atoms with Gasteiger partial charge in [0.25, 0.3) is 11.8 Å². The van der Waals surface area contributed by atoms with Crippen LogP contribution in [0.2, 0.25) is 0 Å². The Kier molecular flexibility index (Phi) is 6.97. The highest BCUT2D eigenvalue weighted by Gasteiger charge is 2.17. The molecule has 0 spiro atoms. The van der Waals surface area contributed by atoms with Crippen molar-refractivity contribution >= 4 is 17.8 Å². The molecule has 0 saturated heterocycles. The minimum absolute atomic E-state index is 0.265. The summed E-state index contributed by atoms with van der Waals surface area (Å²) in [6, 6.07) is 11.5. The summed E-state index contributed by atoms with van der Waals surface area (Å²) in [5.74, 6) is -0.327. The van der Waals surface area contributed by atoms with E-state index in [-0.39, 0.29) is 6.54 Å². The summed E-state index contributed by atoms with van der Waals surface area (Å²) < 4.78 is 5.68. The van der Waals surface area contributed by atoms with E-state index in [1.54, 1.807) is 37.3 Å². The van der Waals surface area contributed by atoms with Gasteiger partial charge in [-0.3, -0.25) is 20.4 Å². The molecule has 1 unspecified atom stereocenters. The zero-order chi connectivity index (χ0) is 20.7. The van der Waals surface area contributed by atoms with Crippen LogP contribution in [0.4, 0.5) is 4.79 Å². The molecule has 148 valence electrons. The van der Waals surface area contributed by atoms with E-state index in [2.05, 4.69) is 16.2 Å². The summed E-state index contributed by atoms with van der Waals surface area (Å²) in [6.45, 7) is 5.74. The molecule has 0 aliphatic heterocycles. The predicted octanol–water partition coefficient (Wildman–Crippen LogP) is 1.70. The average Bonchev–Trinajstić information content (AvgIpc) is 2.68. The van der Waals surface area contributed by atoms with Gasteiger partial charge in [-0.1, -0.05) is 24.3 Å². The number of benzene rings is 2. The number of carbonyl (C=O) groups is 3. The van der Waals surface area contributed by atoms with Crippen molar-refractivity contribution in [1.82, 2.24) is 16.2 Å². The topological polar surface area (TPSA) is 123 Å². The molecule has 5 N–H and O–H groups in total. The normalized spacial score (nSPS) is 11.2. The minimum Gasteiger partial charge on any atom is -0.481 e. The maximum absolute atomic E-state index is 12.2. The molecule has 0 fully saturated rings. The van der Waals surface area contributed by atoms with Gasteiger partial charge in [-0.15, -0.1) is 0 Å². The summed E-state index contributed by atoms with van der Waals surface area (Å²) in [4.78, 5) is 35.0. The first-order valence-corrected chi connectivity index (χ1v) is 8.73.